The maximum Gasteiger partial charge on any atom is 0.0600 e. The number of aromatic nitrogens is 2. The molecule has 0 aliphatic heterocycles. The van der Waals surface area contributed by atoms with Gasteiger partial charge in [-0.05, 0) is 43.0 Å². The molecule has 0 bridgehead atoms. The first-order valence-electron chi connectivity index (χ1n) is 5.75. The van der Waals surface area contributed by atoms with E-state index in [0.717, 1.165) is 17.2 Å². The highest BCUT2D eigenvalue weighted by Gasteiger charge is 1.95. The number of rotatable bonds is 6. The van der Waals surface area contributed by atoms with Gasteiger partial charge in [-0.1, -0.05) is 29.3 Å². The van der Waals surface area contributed by atoms with Crippen molar-refractivity contribution in [2.45, 2.75) is 6.42 Å². The van der Waals surface area contributed by atoms with Gasteiger partial charge in [0, 0.05) is 12.4 Å². The fraction of sp³-hybridized carbons (Fsp3) is 0.231. The van der Waals surface area contributed by atoms with Crippen LogP contribution in [0.15, 0.2) is 48.8 Å². The molecule has 2 unspecified atom stereocenters. The summed E-state index contributed by atoms with van der Waals surface area (Å²) in [7, 11) is 1.69. The second-order valence-corrected chi connectivity index (χ2v) is 6.37. The van der Waals surface area contributed by atoms with E-state index in [1.165, 1.54) is 29.6 Å². The standard InChI is InChI=1S/C13H16N2P2/c1-3-8-14-12(6-1)16-10-5-11-17-13-7-2-4-9-15-13/h1-4,6-9,16-17H,5,10-11H2. The number of nitrogens with zero attached hydrogens (tertiary/aromatic N) is 2. The molecule has 0 saturated carbocycles. The van der Waals surface area contributed by atoms with Crippen LogP contribution in [0.4, 0.5) is 0 Å². The van der Waals surface area contributed by atoms with Crippen LogP contribution in [0.25, 0.3) is 0 Å². The van der Waals surface area contributed by atoms with E-state index in [-0.39, 0.29) is 0 Å². The molecule has 2 aromatic rings. The Morgan fingerprint density at radius 1 is 0.765 bits per heavy atom. The lowest BCUT2D eigenvalue weighted by Crippen LogP contribution is -2.02. The van der Waals surface area contributed by atoms with Crippen LogP contribution in [0.5, 0.6) is 0 Å². The fourth-order valence-corrected chi connectivity index (χ4v) is 3.79. The van der Waals surface area contributed by atoms with E-state index < -0.39 is 0 Å². The molecular weight excluding hydrogens is 246 g/mol. The van der Waals surface area contributed by atoms with Gasteiger partial charge in [-0.3, -0.25) is 9.97 Å². The molecule has 0 fully saturated rings. The second kappa shape index (κ2) is 7.48. The van der Waals surface area contributed by atoms with Crippen molar-refractivity contribution in [3.63, 3.8) is 0 Å². The zero-order valence-corrected chi connectivity index (χ0v) is 11.6. The molecular formula is C13H16N2P2. The molecule has 0 radical (unpaired) electrons. The van der Waals surface area contributed by atoms with Crippen LogP contribution in [0.3, 0.4) is 0 Å². The minimum atomic E-state index is 0.845. The van der Waals surface area contributed by atoms with Crippen molar-refractivity contribution in [3.05, 3.63) is 48.8 Å². The Bertz CT molecular complexity index is 378. The van der Waals surface area contributed by atoms with Crippen molar-refractivity contribution in [3.8, 4) is 0 Å². The zero-order valence-electron chi connectivity index (χ0n) is 9.63. The Morgan fingerprint density at radius 3 is 1.71 bits per heavy atom. The molecule has 2 heterocycles. The second-order valence-electron chi connectivity index (χ2n) is 3.64. The van der Waals surface area contributed by atoms with Gasteiger partial charge in [0.1, 0.15) is 0 Å². The van der Waals surface area contributed by atoms with Crippen molar-refractivity contribution >= 4 is 28.0 Å². The van der Waals surface area contributed by atoms with Crippen molar-refractivity contribution in [1.29, 1.82) is 0 Å². The molecule has 0 aliphatic rings. The average Bonchev–Trinajstić information content (AvgIpc) is 2.41. The summed E-state index contributed by atoms with van der Waals surface area (Å²) in [5.74, 6) is 0. The smallest absolute Gasteiger partial charge is 0.0600 e. The maximum absolute atomic E-state index is 4.34. The summed E-state index contributed by atoms with van der Waals surface area (Å²) in [6, 6.07) is 12.3. The first-order chi connectivity index (χ1) is 8.45. The minimum Gasteiger partial charge on any atom is -0.257 e. The fourth-order valence-electron chi connectivity index (χ4n) is 1.46. The van der Waals surface area contributed by atoms with Gasteiger partial charge in [-0.25, -0.2) is 0 Å². The molecule has 17 heavy (non-hydrogen) atoms. The van der Waals surface area contributed by atoms with Crippen molar-refractivity contribution < 1.29 is 0 Å². The monoisotopic (exact) mass is 262 g/mol. The van der Waals surface area contributed by atoms with Crippen LogP contribution in [0.1, 0.15) is 6.42 Å². The van der Waals surface area contributed by atoms with Gasteiger partial charge < -0.3 is 0 Å². The molecule has 2 rings (SSSR count). The van der Waals surface area contributed by atoms with E-state index in [1.807, 2.05) is 24.5 Å². The Kier molecular flexibility index (Phi) is 5.55. The first kappa shape index (κ1) is 12.6. The number of pyridine rings is 2. The van der Waals surface area contributed by atoms with Crippen LogP contribution < -0.4 is 10.9 Å². The highest BCUT2D eigenvalue weighted by atomic mass is 31.1. The van der Waals surface area contributed by atoms with E-state index in [9.17, 15) is 0 Å². The van der Waals surface area contributed by atoms with Gasteiger partial charge in [0.05, 0.1) is 10.9 Å². The summed E-state index contributed by atoms with van der Waals surface area (Å²) in [5.41, 5.74) is 2.46. The molecule has 4 heteroatoms. The van der Waals surface area contributed by atoms with Crippen molar-refractivity contribution in [1.82, 2.24) is 9.97 Å². The van der Waals surface area contributed by atoms with Crippen molar-refractivity contribution in [2.75, 3.05) is 12.3 Å². The van der Waals surface area contributed by atoms with Crippen LogP contribution in [0.2, 0.25) is 0 Å². The van der Waals surface area contributed by atoms with E-state index in [4.69, 9.17) is 0 Å². The molecule has 88 valence electrons. The molecule has 2 atom stereocenters. The normalized spacial score (nSPS) is 11.8. The topological polar surface area (TPSA) is 25.8 Å². The summed E-state index contributed by atoms with van der Waals surface area (Å²) in [6.45, 7) is 0. The Morgan fingerprint density at radius 2 is 1.29 bits per heavy atom. The SMILES string of the molecule is c1ccc(PCCCPc2ccccn2)nc1. The third-order valence-corrected chi connectivity index (χ3v) is 4.82. The van der Waals surface area contributed by atoms with Gasteiger partial charge in [0.15, 0.2) is 0 Å². The van der Waals surface area contributed by atoms with E-state index >= 15 is 0 Å². The van der Waals surface area contributed by atoms with Gasteiger partial charge in [0.2, 0.25) is 0 Å². The van der Waals surface area contributed by atoms with Crippen LogP contribution in [0, 0.1) is 0 Å². The van der Waals surface area contributed by atoms with Gasteiger partial charge in [0.25, 0.3) is 0 Å². The van der Waals surface area contributed by atoms with E-state index in [0.29, 0.717) is 0 Å². The number of hydrogen-bond donors (Lipinski definition) is 0. The van der Waals surface area contributed by atoms with Crippen molar-refractivity contribution in [2.24, 2.45) is 0 Å². The van der Waals surface area contributed by atoms with Crippen LogP contribution in [-0.4, -0.2) is 22.3 Å². The lowest BCUT2D eigenvalue weighted by atomic mass is 10.5. The summed E-state index contributed by atoms with van der Waals surface area (Å²) >= 11 is 0. The van der Waals surface area contributed by atoms with E-state index in [1.54, 1.807) is 0 Å². The Labute approximate surface area is 106 Å². The quantitative estimate of drug-likeness (QED) is 0.589. The third-order valence-electron chi connectivity index (χ3n) is 2.30. The van der Waals surface area contributed by atoms with Crippen LogP contribution in [-0.2, 0) is 0 Å². The molecule has 0 spiro atoms. The first-order valence-corrected chi connectivity index (χ1v) is 8.16. The summed E-state index contributed by atoms with van der Waals surface area (Å²) in [5, 5.41) is 0. The predicted octanol–water partition coefficient (Wildman–Crippen LogP) is 2.17. The summed E-state index contributed by atoms with van der Waals surface area (Å²) < 4.78 is 0. The molecule has 0 aromatic carbocycles. The third kappa shape index (κ3) is 4.89. The molecule has 2 nitrogen and oxygen atoms in total. The van der Waals surface area contributed by atoms with Gasteiger partial charge in [-0.15, -0.1) is 0 Å². The molecule has 0 saturated heterocycles. The summed E-state index contributed by atoms with van der Waals surface area (Å²) in [4.78, 5) is 8.67. The van der Waals surface area contributed by atoms with Crippen LogP contribution >= 0.6 is 17.2 Å². The number of hydrogen-bond acceptors (Lipinski definition) is 2. The molecule has 0 aliphatic carbocycles. The maximum atomic E-state index is 4.34. The highest BCUT2D eigenvalue weighted by Crippen LogP contribution is 2.15. The lowest BCUT2D eigenvalue weighted by molar-refractivity contribution is 1.12. The van der Waals surface area contributed by atoms with Gasteiger partial charge in [-0.2, -0.15) is 0 Å². The zero-order chi connectivity index (χ0) is 11.8. The average molecular weight is 262 g/mol. The molecule has 0 amide bonds. The highest BCUT2D eigenvalue weighted by molar-refractivity contribution is 7.47. The van der Waals surface area contributed by atoms with Gasteiger partial charge >= 0.3 is 0 Å². The Hall–Kier alpha value is -0.840. The molecule has 0 N–H and O–H groups in total. The minimum absolute atomic E-state index is 0.845. The summed E-state index contributed by atoms with van der Waals surface area (Å²) in [6.07, 6.45) is 7.51. The predicted molar refractivity (Wildman–Crippen MR) is 78.7 cm³/mol. The Balaban J connectivity index is 1.61. The molecule has 2 aromatic heterocycles. The van der Waals surface area contributed by atoms with E-state index in [2.05, 4.69) is 34.2 Å². The largest absolute Gasteiger partial charge is 0.257 e. The lowest BCUT2D eigenvalue weighted by Gasteiger charge is -2.01.